The Bertz CT molecular complexity index is 576. The Balaban J connectivity index is 2.10. The molecule has 0 amide bonds. The largest absolute Gasteiger partial charge is 0.383 e. The van der Waals surface area contributed by atoms with Gasteiger partial charge in [-0.2, -0.15) is 5.10 Å². The van der Waals surface area contributed by atoms with Crippen molar-refractivity contribution in [3.63, 3.8) is 0 Å². The molecular weight excluding hydrogens is 337 g/mol. The van der Waals surface area contributed by atoms with Crippen molar-refractivity contribution in [3.8, 4) is 0 Å². The highest BCUT2D eigenvalue weighted by Gasteiger charge is 2.27. The average molecular weight is 353 g/mol. The first-order valence-corrected chi connectivity index (χ1v) is 7.33. The highest BCUT2D eigenvalue weighted by atomic mass is 127. The number of rotatable bonds is 1. The molecule has 2 N–H and O–H groups in total. The van der Waals surface area contributed by atoms with Gasteiger partial charge in [0.1, 0.15) is 5.82 Å². The normalized spacial score (nSPS) is 22.8. The lowest BCUT2D eigenvalue weighted by Gasteiger charge is -2.30. The third kappa shape index (κ3) is 1.83. The Morgan fingerprint density at radius 2 is 2.00 bits per heavy atom. The first kappa shape index (κ1) is 12.0. The molecule has 0 bridgehead atoms. The zero-order chi connectivity index (χ0) is 12.7. The van der Waals surface area contributed by atoms with Crippen molar-refractivity contribution in [2.45, 2.75) is 31.7 Å². The number of hydrogen-bond acceptors (Lipinski definition) is 2. The minimum atomic E-state index is 0.293. The molecule has 18 heavy (non-hydrogen) atoms. The number of anilines is 1. The summed E-state index contributed by atoms with van der Waals surface area (Å²) < 4.78 is 3.01. The maximum Gasteiger partial charge on any atom is 0.135 e. The Morgan fingerprint density at radius 1 is 1.28 bits per heavy atom. The van der Waals surface area contributed by atoms with Crippen LogP contribution in [0.15, 0.2) is 30.5 Å². The molecule has 0 saturated carbocycles. The zero-order valence-electron chi connectivity index (χ0n) is 10.3. The van der Waals surface area contributed by atoms with Gasteiger partial charge >= 0.3 is 0 Å². The van der Waals surface area contributed by atoms with Gasteiger partial charge in [-0.05, 0) is 52.5 Å². The first-order valence-electron chi connectivity index (χ1n) is 6.25. The van der Waals surface area contributed by atoms with Crippen molar-refractivity contribution >= 4 is 28.4 Å². The smallest absolute Gasteiger partial charge is 0.135 e. The van der Waals surface area contributed by atoms with Gasteiger partial charge in [0.2, 0.25) is 0 Å². The third-order valence-electron chi connectivity index (χ3n) is 3.84. The van der Waals surface area contributed by atoms with Gasteiger partial charge in [0.25, 0.3) is 0 Å². The molecular formula is C14H16IN3. The van der Waals surface area contributed by atoms with Gasteiger partial charge in [-0.3, -0.25) is 0 Å². The number of nitrogen functional groups attached to an aromatic ring is 1. The van der Waals surface area contributed by atoms with Crippen LogP contribution < -0.4 is 5.73 Å². The van der Waals surface area contributed by atoms with E-state index in [-0.39, 0.29) is 0 Å². The Kier molecular flexibility index (Phi) is 3.05. The summed E-state index contributed by atoms with van der Waals surface area (Å²) in [6, 6.07) is 8.96. The molecule has 0 aliphatic heterocycles. The van der Waals surface area contributed by atoms with Gasteiger partial charge < -0.3 is 5.73 Å². The molecule has 3 nitrogen and oxygen atoms in total. The monoisotopic (exact) mass is 353 g/mol. The summed E-state index contributed by atoms with van der Waals surface area (Å²) in [5.74, 6) is 1.42. The van der Waals surface area contributed by atoms with Crippen LogP contribution in [0.1, 0.15) is 42.9 Å². The zero-order valence-corrected chi connectivity index (χ0v) is 12.5. The maximum atomic E-state index is 6.12. The molecule has 0 fully saturated rings. The van der Waals surface area contributed by atoms with E-state index in [9.17, 15) is 0 Å². The first-order chi connectivity index (χ1) is 8.68. The van der Waals surface area contributed by atoms with Gasteiger partial charge in [-0.15, -0.1) is 0 Å². The van der Waals surface area contributed by atoms with Crippen LogP contribution in [0.4, 0.5) is 5.82 Å². The van der Waals surface area contributed by atoms with Gasteiger partial charge in [0, 0.05) is 0 Å². The Labute approximate surface area is 121 Å². The molecule has 2 atom stereocenters. The quantitative estimate of drug-likeness (QED) is 0.797. The minimum absolute atomic E-state index is 0.293. The van der Waals surface area contributed by atoms with Crippen molar-refractivity contribution in [2.24, 2.45) is 0 Å². The summed E-state index contributed by atoms with van der Waals surface area (Å²) in [6.45, 7) is 2.30. The predicted octanol–water partition coefficient (Wildman–Crippen LogP) is 3.56. The number of nitrogens with zero attached hydrogens (tertiary/aromatic N) is 2. The summed E-state index contributed by atoms with van der Waals surface area (Å²) in [5.41, 5.74) is 8.94. The van der Waals surface area contributed by atoms with E-state index in [1.54, 1.807) is 0 Å². The van der Waals surface area contributed by atoms with Gasteiger partial charge in [0.05, 0.1) is 15.8 Å². The van der Waals surface area contributed by atoms with E-state index in [2.05, 4.69) is 58.9 Å². The Hall–Kier alpha value is -1.04. The van der Waals surface area contributed by atoms with E-state index in [0.29, 0.717) is 12.0 Å². The predicted molar refractivity (Wildman–Crippen MR) is 81.6 cm³/mol. The molecule has 1 aromatic carbocycles. The van der Waals surface area contributed by atoms with E-state index < -0.39 is 0 Å². The fourth-order valence-corrected chi connectivity index (χ4v) is 3.21. The maximum absolute atomic E-state index is 6.12. The molecule has 2 unspecified atom stereocenters. The fourth-order valence-electron chi connectivity index (χ4n) is 2.84. The molecule has 0 spiro atoms. The van der Waals surface area contributed by atoms with Crippen LogP contribution >= 0.6 is 22.6 Å². The second-order valence-electron chi connectivity index (χ2n) is 4.95. The number of aromatic nitrogens is 2. The SMILES string of the molecule is CC1CCC(n2ncc(I)c2N)c2ccccc21. The number of benzene rings is 1. The minimum Gasteiger partial charge on any atom is -0.383 e. The summed E-state index contributed by atoms with van der Waals surface area (Å²) in [4.78, 5) is 0. The van der Waals surface area contributed by atoms with Crippen LogP contribution in [0.25, 0.3) is 0 Å². The summed E-state index contributed by atoms with van der Waals surface area (Å²) in [7, 11) is 0. The highest BCUT2D eigenvalue weighted by Crippen LogP contribution is 2.40. The van der Waals surface area contributed by atoms with E-state index >= 15 is 0 Å². The second-order valence-corrected chi connectivity index (χ2v) is 6.11. The standard InChI is InChI=1S/C14H16IN3/c1-9-6-7-13(11-5-3-2-4-10(9)11)18-14(16)12(15)8-17-18/h2-5,8-9,13H,6-7,16H2,1H3. The van der Waals surface area contributed by atoms with Crippen molar-refractivity contribution in [3.05, 3.63) is 45.2 Å². The summed E-state index contributed by atoms with van der Waals surface area (Å²) >= 11 is 2.24. The summed E-state index contributed by atoms with van der Waals surface area (Å²) in [5, 5.41) is 4.45. The molecule has 94 valence electrons. The van der Waals surface area contributed by atoms with Crippen molar-refractivity contribution in [2.75, 3.05) is 5.73 Å². The number of nitrogens with two attached hydrogens (primary N) is 1. The van der Waals surface area contributed by atoms with Crippen molar-refractivity contribution < 1.29 is 0 Å². The molecule has 1 aliphatic rings. The van der Waals surface area contributed by atoms with Gasteiger partial charge in [-0.25, -0.2) is 4.68 Å². The van der Waals surface area contributed by atoms with Crippen LogP contribution in [0.2, 0.25) is 0 Å². The van der Waals surface area contributed by atoms with E-state index in [4.69, 9.17) is 5.73 Å². The number of halogens is 1. The van der Waals surface area contributed by atoms with Gasteiger partial charge in [-0.1, -0.05) is 31.2 Å². The van der Waals surface area contributed by atoms with Crippen molar-refractivity contribution in [1.82, 2.24) is 9.78 Å². The highest BCUT2D eigenvalue weighted by molar-refractivity contribution is 14.1. The average Bonchev–Trinajstić information content (AvgIpc) is 2.71. The van der Waals surface area contributed by atoms with E-state index in [1.165, 1.54) is 17.5 Å². The summed E-state index contributed by atoms with van der Waals surface area (Å²) in [6.07, 6.45) is 4.15. The molecule has 1 heterocycles. The topological polar surface area (TPSA) is 43.8 Å². The lowest BCUT2D eigenvalue weighted by Crippen LogP contribution is -2.21. The van der Waals surface area contributed by atoms with Crippen LogP contribution in [-0.4, -0.2) is 9.78 Å². The van der Waals surface area contributed by atoms with Crippen LogP contribution in [0.5, 0.6) is 0 Å². The lowest BCUT2D eigenvalue weighted by atomic mass is 9.81. The number of hydrogen-bond donors (Lipinski definition) is 1. The van der Waals surface area contributed by atoms with E-state index in [0.717, 1.165) is 15.8 Å². The van der Waals surface area contributed by atoms with Gasteiger partial charge in [0.15, 0.2) is 0 Å². The molecule has 0 radical (unpaired) electrons. The molecule has 1 aromatic heterocycles. The second kappa shape index (κ2) is 4.57. The molecule has 2 aromatic rings. The molecule has 0 saturated heterocycles. The molecule has 1 aliphatic carbocycles. The Morgan fingerprint density at radius 3 is 2.67 bits per heavy atom. The fraction of sp³-hybridized carbons (Fsp3) is 0.357. The van der Waals surface area contributed by atoms with Crippen molar-refractivity contribution in [1.29, 1.82) is 0 Å². The molecule has 3 rings (SSSR count). The molecule has 4 heteroatoms. The number of fused-ring (bicyclic) bond motifs is 1. The third-order valence-corrected chi connectivity index (χ3v) is 4.67. The van der Waals surface area contributed by atoms with Crippen LogP contribution in [-0.2, 0) is 0 Å². The van der Waals surface area contributed by atoms with Crippen LogP contribution in [0, 0.1) is 3.57 Å². The lowest BCUT2D eigenvalue weighted by molar-refractivity contribution is 0.428. The van der Waals surface area contributed by atoms with E-state index in [1.807, 2.05) is 10.9 Å². The van der Waals surface area contributed by atoms with Crippen LogP contribution in [0.3, 0.4) is 0 Å².